The lowest BCUT2D eigenvalue weighted by Crippen LogP contribution is -2.19. The number of benzene rings is 1. The molecule has 0 aliphatic rings. The summed E-state index contributed by atoms with van der Waals surface area (Å²) in [5.41, 5.74) is 3.80. The molecular weight excluding hydrogens is 270 g/mol. The minimum atomic E-state index is 0.194. The molecule has 1 aromatic carbocycles. The topological polar surface area (TPSA) is 30.5 Å². The van der Waals surface area contributed by atoms with E-state index in [4.69, 9.17) is 9.47 Å². The molecule has 0 aliphatic carbocycles. The number of nitrogens with one attached hydrogen (secondary N) is 1. The standard InChI is InChI=1S/C16H21NO2S/c1-11-9-20-10-13(11)8-17-12(2)15-7-14(18-3)5-6-16(15)19-4/h5-7,9-10,12,17H,8H2,1-4H3. The Balaban J connectivity index is 2.11. The van der Waals surface area contributed by atoms with E-state index in [1.54, 1.807) is 25.6 Å². The third-order valence-corrected chi connectivity index (χ3v) is 4.37. The van der Waals surface area contributed by atoms with Gasteiger partial charge in [-0.15, -0.1) is 0 Å². The van der Waals surface area contributed by atoms with Gasteiger partial charge < -0.3 is 14.8 Å². The Morgan fingerprint density at radius 3 is 2.60 bits per heavy atom. The van der Waals surface area contributed by atoms with Crippen LogP contribution in [0.4, 0.5) is 0 Å². The zero-order valence-electron chi connectivity index (χ0n) is 12.4. The summed E-state index contributed by atoms with van der Waals surface area (Å²) in [4.78, 5) is 0. The fraction of sp³-hybridized carbons (Fsp3) is 0.375. The van der Waals surface area contributed by atoms with E-state index in [2.05, 4.69) is 29.9 Å². The summed E-state index contributed by atoms with van der Waals surface area (Å²) in [5, 5.41) is 7.91. The molecule has 0 spiro atoms. The maximum atomic E-state index is 5.43. The number of hydrogen-bond donors (Lipinski definition) is 1. The van der Waals surface area contributed by atoms with Crippen LogP contribution in [-0.2, 0) is 6.54 Å². The average molecular weight is 291 g/mol. The van der Waals surface area contributed by atoms with E-state index in [-0.39, 0.29) is 6.04 Å². The molecule has 1 atom stereocenters. The van der Waals surface area contributed by atoms with Crippen LogP contribution in [0.2, 0.25) is 0 Å². The molecular formula is C16H21NO2S. The fourth-order valence-electron chi connectivity index (χ4n) is 2.12. The highest BCUT2D eigenvalue weighted by atomic mass is 32.1. The molecule has 1 aromatic heterocycles. The van der Waals surface area contributed by atoms with E-state index < -0.39 is 0 Å². The molecule has 0 saturated carbocycles. The van der Waals surface area contributed by atoms with Crippen molar-refractivity contribution >= 4 is 11.3 Å². The molecule has 0 amide bonds. The summed E-state index contributed by atoms with van der Waals surface area (Å²) in [6.07, 6.45) is 0. The highest BCUT2D eigenvalue weighted by Crippen LogP contribution is 2.29. The Labute approximate surface area is 124 Å². The molecule has 0 aliphatic heterocycles. The van der Waals surface area contributed by atoms with E-state index in [0.29, 0.717) is 0 Å². The third-order valence-electron chi connectivity index (χ3n) is 3.46. The SMILES string of the molecule is COc1ccc(OC)c(C(C)NCc2cscc2C)c1. The zero-order valence-corrected chi connectivity index (χ0v) is 13.2. The normalized spacial score (nSPS) is 12.2. The second-order valence-corrected chi connectivity index (χ2v) is 5.53. The first kappa shape index (κ1) is 14.9. The monoisotopic (exact) mass is 291 g/mol. The van der Waals surface area contributed by atoms with Crippen molar-refractivity contribution in [3.05, 3.63) is 45.6 Å². The van der Waals surface area contributed by atoms with Crippen molar-refractivity contribution in [3.63, 3.8) is 0 Å². The van der Waals surface area contributed by atoms with Gasteiger partial charge in [-0.2, -0.15) is 11.3 Å². The van der Waals surface area contributed by atoms with Crippen LogP contribution in [-0.4, -0.2) is 14.2 Å². The quantitative estimate of drug-likeness (QED) is 0.875. The Hall–Kier alpha value is -1.52. The van der Waals surface area contributed by atoms with Gasteiger partial charge >= 0.3 is 0 Å². The predicted molar refractivity (Wildman–Crippen MR) is 83.9 cm³/mol. The molecule has 3 nitrogen and oxygen atoms in total. The second-order valence-electron chi connectivity index (χ2n) is 4.79. The second kappa shape index (κ2) is 6.77. The highest BCUT2D eigenvalue weighted by Gasteiger charge is 2.13. The Morgan fingerprint density at radius 1 is 1.20 bits per heavy atom. The molecule has 20 heavy (non-hydrogen) atoms. The molecule has 0 radical (unpaired) electrons. The predicted octanol–water partition coefficient (Wildman–Crippen LogP) is 3.92. The minimum Gasteiger partial charge on any atom is -0.497 e. The first-order chi connectivity index (χ1) is 9.65. The van der Waals surface area contributed by atoms with Gasteiger partial charge in [-0.05, 0) is 53.9 Å². The van der Waals surface area contributed by atoms with Crippen LogP contribution in [0.5, 0.6) is 11.5 Å². The summed E-state index contributed by atoms with van der Waals surface area (Å²) in [7, 11) is 3.37. The van der Waals surface area contributed by atoms with Crippen LogP contribution in [0.3, 0.4) is 0 Å². The lowest BCUT2D eigenvalue weighted by atomic mass is 10.1. The van der Waals surface area contributed by atoms with Crippen LogP contribution in [0.25, 0.3) is 0 Å². The lowest BCUT2D eigenvalue weighted by Gasteiger charge is -2.18. The maximum Gasteiger partial charge on any atom is 0.123 e. The van der Waals surface area contributed by atoms with Gasteiger partial charge in [0, 0.05) is 18.2 Å². The van der Waals surface area contributed by atoms with Crippen LogP contribution in [0.15, 0.2) is 29.0 Å². The van der Waals surface area contributed by atoms with Crippen molar-refractivity contribution in [2.24, 2.45) is 0 Å². The molecule has 2 aromatic rings. The summed E-state index contributed by atoms with van der Waals surface area (Å²) < 4.78 is 10.7. The van der Waals surface area contributed by atoms with Gasteiger partial charge in [0.25, 0.3) is 0 Å². The first-order valence-corrected chi connectivity index (χ1v) is 7.57. The summed E-state index contributed by atoms with van der Waals surface area (Å²) in [6, 6.07) is 6.08. The van der Waals surface area contributed by atoms with Gasteiger partial charge in [0.15, 0.2) is 0 Å². The van der Waals surface area contributed by atoms with Crippen molar-refractivity contribution in [1.82, 2.24) is 5.32 Å². The lowest BCUT2D eigenvalue weighted by molar-refractivity contribution is 0.391. The molecule has 0 bridgehead atoms. The maximum absolute atomic E-state index is 5.43. The van der Waals surface area contributed by atoms with Gasteiger partial charge in [0.2, 0.25) is 0 Å². The van der Waals surface area contributed by atoms with Gasteiger partial charge in [-0.3, -0.25) is 0 Å². The summed E-state index contributed by atoms with van der Waals surface area (Å²) in [6.45, 7) is 5.14. The Bertz CT molecular complexity index is 565. The zero-order chi connectivity index (χ0) is 14.5. The number of hydrogen-bond acceptors (Lipinski definition) is 4. The Kier molecular flexibility index (Phi) is 5.04. The third kappa shape index (κ3) is 3.32. The number of ether oxygens (including phenoxy) is 2. The molecule has 1 N–H and O–H groups in total. The van der Waals surface area contributed by atoms with Gasteiger partial charge in [0.05, 0.1) is 14.2 Å². The smallest absolute Gasteiger partial charge is 0.123 e. The van der Waals surface area contributed by atoms with Gasteiger partial charge in [-0.1, -0.05) is 0 Å². The van der Waals surface area contributed by atoms with Crippen molar-refractivity contribution < 1.29 is 9.47 Å². The number of thiophene rings is 1. The molecule has 108 valence electrons. The summed E-state index contributed by atoms with van der Waals surface area (Å²) >= 11 is 1.74. The van der Waals surface area contributed by atoms with Crippen molar-refractivity contribution in [1.29, 1.82) is 0 Å². The van der Waals surface area contributed by atoms with Crippen LogP contribution in [0.1, 0.15) is 29.7 Å². The number of methoxy groups -OCH3 is 2. The molecule has 4 heteroatoms. The minimum absolute atomic E-state index is 0.194. The van der Waals surface area contributed by atoms with Crippen molar-refractivity contribution in [2.45, 2.75) is 26.4 Å². The van der Waals surface area contributed by atoms with E-state index in [0.717, 1.165) is 23.6 Å². The van der Waals surface area contributed by atoms with E-state index >= 15 is 0 Å². The van der Waals surface area contributed by atoms with E-state index in [9.17, 15) is 0 Å². The molecule has 1 heterocycles. The number of rotatable bonds is 6. The molecule has 0 saturated heterocycles. The fourth-order valence-corrected chi connectivity index (χ4v) is 2.98. The van der Waals surface area contributed by atoms with Crippen LogP contribution >= 0.6 is 11.3 Å². The van der Waals surface area contributed by atoms with Gasteiger partial charge in [0.1, 0.15) is 11.5 Å². The largest absolute Gasteiger partial charge is 0.497 e. The number of aryl methyl sites for hydroxylation is 1. The average Bonchev–Trinajstić information content (AvgIpc) is 2.89. The molecule has 0 fully saturated rings. The highest BCUT2D eigenvalue weighted by molar-refractivity contribution is 7.08. The molecule has 2 rings (SSSR count). The van der Waals surface area contributed by atoms with Gasteiger partial charge in [-0.25, -0.2) is 0 Å². The van der Waals surface area contributed by atoms with Crippen LogP contribution in [0, 0.1) is 6.92 Å². The van der Waals surface area contributed by atoms with E-state index in [1.165, 1.54) is 11.1 Å². The van der Waals surface area contributed by atoms with E-state index in [1.807, 2.05) is 18.2 Å². The first-order valence-electron chi connectivity index (χ1n) is 6.62. The molecule has 1 unspecified atom stereocenters. The van der Waals surface area contributed by atoms with Crippen molar-refractivity contribution in [2.75, 3.05) is 14.2 Å². The van der Waals surface area contributed by atoms with Crippen LogP contribution < -0.4 is 14.8 Å². The summed E-state index contributed by atoms with van der Waals surface area (Å²) in [5.74, 6) is 1.73. The Morgan fingerprint density at radius 2 is 2.00 bits per heavy atom. The van der Waals surface area contributed by atoms with Crippen molar-refractivity contribution in [3.8, 4) is 11.5 Å².